The molecule has 3 N–H and O–H groups in total. The summed E-state index contributed by atoms with van der Waals surface area (Å²) in [5.41, 5.74) is 5.21. The van der Waals surface area contributed by atoms with Gasteiger partial charge in [-0.15, -0.1) is 11.3 Å². The number of rotatable bonds is 6. The van der Waals surface area contributed by atoms with Crippen LogP contribution in [0.15, 0.2) is 29.3 Å². The number of benzene rings is 2. The van der Waals surface area contributed by atoms with Crippen molar-refractivity contribution in [2.24, 2.45) is 4.99 Å². The lowest BCUT2D eigenvalue weighted by Gasteiger charge is -2.31. The first-order chi connectivity index (χ1) is 21.1. The van der Waals surface area contributed by atoms with E-state index in [-0.39, 0.29) is 85.4 Å². The van der Waals surface area contributed by atoms with Gasteiger partial charge in [-0.05, 0) is 31.0 Å². The number of thiophene rings is 1. The molecule has 8 nitrogen and oxygen atoms in total. The molecule has 0 amide bonds. The summed E-state index contributed by atoms with van der Waals surface area (Å²) < 4.78 is 85.7. The van der Waals surface area contributed by atoms with Gasteiger partial charge in [-0.1, -0.05) is 17.7 Å². The van der Waals surface area contributed by atoms with Gasteiger partial charge in [-0.3, -0.25) is 9.89 Å². The van der Waals surface area contributed by atoms with Crippen LogP contribution in [-0.4, -0.2) is 60.8 Å². The lowest BCUT2D eigenvalue weighted by Crippen LogP contribution is -2.45. The molecule has 0 saturated carbocycles. The van der Waals surface area contributed by atoms with Crippen LogP contribution in [0.25, 0.3) is 27.0 Å². The van der Waals surface area contributed by atoms with Crippen molar-refractivity contribution in [2.75, 3.05) is 38.6 Å². The van der Waals surface area contributed by atoms with Crippen LogP contribution in [-0.2, 0) is 4.74 Å². The first-order valence-corrected chi connectivity index (χ1v) is 15.0. The molecule has 0 unspecified atom stereocenters. The average Bonchev–Trinajstić information content (AvgIpc) is 3.59. The highest BCUT2D eigenvalue weighted by molar-refractivity contribution is 7.23. The molecule has 0 radical (unpaired) electrons. The monoisotopic (exact) mass is 650 g/mol. The number of nitrogens with two attached hydrogens (primary N) is 1. The summed E-state index contributed by atoms with van der Waals surface area (Å²) in [4.78, 5) is 7.57. The molecule has 230 valence electrons. The second-order valence-corrected chi connectivity index (χ2v) is 12.5. The molecule has 3 aromatic rings. The van der Waals surface area contributed by atoms with Crippen molar-refractivity contribution in [3.05, 3.63) is 57.1 Å². The zero-order chi connectivity index (χ0) is 30.9. The standard InChI is InChI=1S/C29H24ClF5N6O2S/c30-22-20(14-2-3-16(32)26-19(14)15(7-36)27(37)44-26)23(35)25-21-24(22)38-12-39-28(21)40(9-17(33)34)10-18(43-25)42-11-29-4-1-5-41(29)8-13(31)6-29/h2-3,10,13,17,39H,1,4-6,8-9,11-12,37H2/t13-,29+/m1/s1. The smallest absolute Gasteiger partial charge is 0.302 e. The second-order valence-electron chi connectivity index (χ2n) is 11.1. The van der Waals surface area contributed by atoms with Crippen molar-refractivity contribution in [1.29, 1.82) is 5.26 Å². The molecule has 4 aliphatic rings. The van der Waals surface area contributed by atoms with Crippen LogP contribution in [0.2, 0.25) is 5.02 Å². The Balaban J connectivity index is 1.41. The molecule has 1 aromatic heterocycles. The minimum Gasteiger partial charge on any atom is -0.462 e. The fourth-order valence-corrected chi connectivity index (χ4v) is 8.01. The van der Waals surface area contributed by atoms with E-state index in [9.17, 15) is 22.8 Å². The quantitative estimate of drug-likeness (QED) is 0.378. The molecule has 4 aliphatic heterocycles. The highest BCUT2D eigenvalue weighted by Gasteiger charge is 2.49. The van der Waals surface area contributed by atoms with E-state index < -0.39 is 42.1 Å². The van der Waals surface area contributed by atoms with Crippen LogP contribution in [0, 0.1) is 23.0 Å². The fourth-order valence-electron chi connectivity index (χ4n) is 6.72. The third kappa shape index (κ3) is 4.43. The molecule has 2 saturated heterocycles. The number of halogens is 6. The predicted molar refractivity (Wildman–Crippen MR) is 154 cm³/mol. The van der Waals surface area contributed by atoms with Crippen LogP contribution in [0.4, 0.5) is 27.0 Å². The maximum atomic E-state index is 16.8. The first kappa shape index (κ1) is 28.9. The summed E-state index contributed by atoms with van der Waals surface area (Å²) in [5.74, 6) is -2.29. The zero-order valence-corrected chi connectivity index (χ0v) is 24.5. The molecule has 5 heterocycles. The molecule has 15 heteroatoms. The Morgan fingerprint density at radius 1 is 1.34 bits per heavy atom. The van der Waals surface area contributed by atoms with Crippen molar-refractivity contribution in [1.82, 2.24) is 15.1 Å². The number of fused-ring (bicyclic) bond motifs is 2. The summed E-state index contributed by atoms with van der Waals surface area (Å²) in [5, 5.41) is 12.7. The normalized spacial score (nSPS) is 22.6. The van der Waals surface area contributed by atoms with Crippen molar-refractivity contribution in [2.45, 2.75) is 37.4 Å². The van der Waals surface area contributed by atoms with E-state index in [4.69, 9.17) is 26.8 Å². The zero-order valence-electron chi connectivity index (χ0n) is 22.9. The molecule has 0 aliphatic carbocycles. The van der Waals surface area contributed by atoms with Crippen LogP contribution >= 0.6 is 22.9 Å². The molecule has 0 spiro atoms. The molecular formula is C29H24ClF5N6O2S. The molecule has 0 bridgehead atoms. The van der Waals surface area contributed by atoms with Crippen molar-refractivity contribution in [3.8, 4) is 22.9 Å². The minimum absolute atomic E-state index is 0.00252. The van der Waals surface area contributed by atoms with Gasteiger partial charge in [0.05, 0.1) is 44.1 Å². The average molecular weight is 651 g/mol. The number of ether oxygens (including phenoxy) is 2. The maximum absolute atomic E-state index is 16.8. The number of alkyl halides is 3. The topological polar surface area (TPSA) is 99.1 Å². The SMILES string of the molecule is N#Cc1c(N)sc2c(F)ccc(-c3c(F)c4c5c(c3Cl)=NCNC=5N(CC(F)F)C=C(OC[C@@]35CCCN3C[C@H](F)C5)O4)c12. The van der Waals surface area contributed by atoms with Gasteiger partial charge < -0.3 is 25.4 Å². The summed E-state index contributed by atoms with van der Waals surface area (Å²) in [6, 6.07) is 4.36. The highest BCUT2D eigenvalue weighted by atomic mass is 35.5. The van der Waals surface area contributed by atoms with Gasteiger partial charge >= 0.3 is 5.95 Å². The largest absolute Gasteiger partial charge is 0.462 e. The fraction of sp³-hybridized carbons (Fsp3) is 0.379. The third-order valence-electron chi connectivity index (χ3n) is 8.56. The second kappa shape index (κ2) is 10.7. The summed E-state index contributed by atoms with van der Waals surface area (Å²) >= 11 is 7.65. The number of nitrogens with one attached hydrogen (secondary N) is 1. The van der Waals surface area contributed by atoms with E-state index in [2.05, 4.69) is 10.3 Å². The predicted octanol–water partition coefficient (Wildman–Crippen LogP) is 4.55. The van der Waals surface area contributed by atoms with E-state index in [1.165, 1.54) is 12.3 Å². The van der Waals surface area contributed by atoms with Crippen LogP contribution in [0.5, 0.6) is 5.75 Å². The first-order valence-electron chi connectivity index (χ1n) is 13.8. The Morgan fingerprint density at radius 3 is 2.93 bits per heavy atom. The number of anilines is 1. The third-order valence-corrected chi connectivity index (χ3v) is 9.95. The van der Waals surface area contributed by atoms with Crippen LogP contribution in [0.3, 0.4) is 0 Å². The van der Waals surface area contributed by atoms with E-state index >= 15 is 4.39 Å². The molecule has 2 atom stereocenters. The van der Waals surface area contributed by atoms with Gasteiger partial charge in [0, 0.05) is 23.9 Å². The van der Waals surface area contributed by atoms with E-state index in [0.717, 1.165) is 28.7 Å². The highest BCUT2D eigenvalue weighted by Crippen LogP contribution is 2.45. The maximum Gasteiger partial charge on any atom is 0.302 e. The van der Waals surface area contributed by atoms with E-state index in [1.807, 2.05) is 11.0 Å². The van der Waals surface area contributed by atoms with Crippen molar-refractivity contribution >= 4 is 43.8 Å². The Bertz CT molecular complexity index is 1910. The number of nitriles is 1. The van der Waals surface area contributed by atoms with Gasteiger partial charge in [-0.2, -0.15) is 5.26 Å². The van der Waals surface area contributed by atoms with Gasteiger partial charge in [0.1, 0.15) is 42.2 Å². The molecule has 2 aromatic carbocycles. The van der Waals surface area contributed by atoms with E-state index in [0.29, 0.717) is 13.0 Å². The van der Waals surface area contributed by atoms with Crippen molar-refractivity contribution in [3.63, 3.8) is 0 Å². The summed E-state index contributed by atoms with van der Waals surface area (Å²) in [7, 11) is 0. The molecule has 7 rings (SSSR count). The molecule has 44 heavy (non-hydrogen) atoms. The number of nitrogens with zero attached hydrogens (tertiary/aromatic N) is 4. The molecule has 2 fully saturated rings. The summed E-state index contributed by atoms with van der Waals surface area (Å²) in [6.07, 6.45) is -0.835. The molecular weight excluding hydrogens is 627 g/mol. The Kier molecular flexibility index (Phi) is 7.02. The number of hydrogen-bond donors (Lipinski definition) is 2. The lowest BCUT2D eigenvalue weighted by molar-refractivity contribution is 0.0247. The lowest BCUT2D eigenvalue weighted by atomic mass is 9.95. The van der Waals surface area contributed by atoms with Gasteiger partial charge in [0.25, 0.3) is 6.43 Å². The number of nitrogen functional groups attached to an aromatic ring is 1. The van der Waals surface area contributed by atoms with Gasteiger partial charge in [0.2, 0.25) is 0 Å². The Labute approximate surface area is 256 Å². The van der Waals surface area contributed by atoms with Crippen LogP contribution < -0.4 is 26.4 Å². The van der Waals surface area contributed by atoms with Crippen LogP contribution in [0.1, 0.15) is 24.8 Å². The van der Waals surface area contributed by atoms with Gasteiger partial charge in [0.15, 0.2) is 11.6 Å². The van der Waals surface area contributed by atoms with Crippen molar-refractivity contribution < 1.29 is 31.4 Å². The van der Waals surface area contributed by atoms with E-state index in [1.54, 1.807) is 0 Å². The summed E-state index contributed by atoms with van der Waals surface area (Å²) in [6.45, 7) is 0.103. The van der Waals surface area contributed by atoms with Gasteiger partial charge in [-0.25, -0.2) is 22.0 Å². The Morgan fingerprint density at radius 2 is 2.16 bits per heavy atom. The number of hydrogen-bond acceptors (Lipinski definition) is 9. The Hall–Kier alpha value is -3.80. The minimum atomic E-state index is -2.79.